The number of aryl methyl sites for hydroxylation is 2. The SMILES string of the molecule is C=CCn1c(SCC(=O)c2ccc(C)c(C)c2)nnc1C1CCS(=O)(=O)C1. The van der Waals surface area contributed by atoms with Crippen molar-refractivity contribution in [2.24, 2.45) is 0 Å². The van der Waals surface area contributed by atoms with Gasteiger partial charge in [0.05, 0.1) is 17.3 Å². The molecule has 6 nitrogen and oxygen atoms in total. The van der Waals surface area contributed by atoms with Crippen molar-refractivity contribution in [3.8, 4) is 0 Å². The molecule has 1 aromatic heterocycles. The van der Waals surface area contributed by atoms with Gasteiger partial charge in [0.2, 0.25) is 0 Å². The molecule has 0 spiro atoms. The summed E-state index contributed by atoms with van der Waals surface area (Å²) in [5, 5.41) is 9.05. The molecule has 0 N–H and O–H groups in total. The molecule has 0 aliphatic carbocycles. The van der Waals surface area contributed by atoms with Gasteiger partial charge in [-0.3, -0.25) is 4.79 Å². The fourth-order valence-electron chi connectivity index (χ4n) is 3.14. The fourth-order valence-corrected chi connectivity index (χ4v) is 5.72. The van der Waals surface area contributed by atoms with Crippen LogP contribution in [0.4, 0.5) is 0 Å². The Morgan fingerprint density at radius 2 is 2.11 bits per heavy atom. The first-order valence-corrected chi connectivity index (χ1v) is 11.6. The molecule has 0 amide bonds. The van der Waals surface area contributed by atoms with Crippen molar-refractivity contribution in [2.75, 3.05) is 17.3 Å². The molecule has 1 atom stereocenters. The second kappa shape index (κ2) is 7.98. The summed E-state index contributed by atoms with van der Waals surface area (Å²) in [4.78, 5) is 12.5. The Morgan fingerprint density at radius 1 is 1.33 bits per heavy atom. The highest BCUT2D eigenvalue weighted by atomic mass is 32.2. The standard InChI is InChI=1S/C19H23N3O3S2/c1-4-8-22-18(16-7-9-27(24,25)12-16)20-21-19(22)26-11-17(23)15-6-5-13(2)14(3)10-15/h4-6,10,16H,1,7-9,11-12H2,2-3H3. The van der Waals surface area contributed by atoms with Crippen LogP contribution in [0.5, 0.6) is 0 Å². The molecule has 2 aromatic rings. The van der Waals surface area contributed by atoms with Crippen molar-refractivity contribution in [1.29, 1.82) is 0 Å². The number of rotatable bonds is 7. The zero-order chi connectivity index (χ0) is 19.6. The van der Waals surface area contributed by atoms with E-state index in [1.807, 2.05) is 36.6 Å². The van der Waals surface area contributed by atoms with Crippen molar-refractivity contribution < 1.29 is 13.2 Å². The van der Waals surface area contributed by atoms with Gasteiger partial charge in [0.1, 0.15) is 5.82 Å². The van der Waals surface area contributed by atoms with Gasteiger partial charge in [-0.05, 0) is 37.5 Å². The van der Waals surface area contributed by atoms with Crippen molar-refractivity contribution in [2.45, 2.75) is 37.9 Å². The number of thioether (sulfide) groups is 1. The molecule has 1 aliphatic rings. The summed E-state index contributed by atoms with van der Waals surface area (Å²) >= 11 is 1.32. The largest absolute Gasteiger partial charge is 0.302 e. The molecule has 2 heterocycles. The number of carbonyl (C=O) groups excluding carboxylic acids is 1. The lowest BCUT2D eigenvalue weighted by molar-refractivity contribution is 0.102. The Morgan fingerprint density at radius 3 is 2.74 bits per heavy atom. The number of nitrogens with zero attached hydrogens (tertiary/aromatic N) is 3. The van der Waals surface area contributed by atoms with Gasteiger partial charge in [0.25, 0.3) is 0 Å². The number of allylic oxidation sites excluding steroid dienone is 1. The molecule has 3 rings (SSSR count). The van der Waals surface area contributed by atoms with Crippen LogP contribution in [0, 0.1) is 13.8 Å². The lowest BCUT2D eigenvalue weighted by Crippen LogP contribution is -2.12. The number of ketones is 1. The molecule has 144 valence electrons. The van der Waals surface area contributed by atoms with E-state index in [0.29, 0.717) is 29.5 Å². The van der Waals surface area contributed by atoms with Crippen molar-refractivity contribution >= 4 is 27.4 Å². The van der Waals surface area contributed by atoms with E-state index < -0.39 is 9.84 Å². The van der Waals surface area contributed by atoms with Crippen molar-refractivity contribution in [3.63, 3.8) is 0 Å². The van der Waals surface area contributed by atoms with Crippen LogP contribution in [0.2, 0.25) is 0 Å². The van der Waals surface area contributed by atoms with E-state index in [-0.39, 0.29) is 29.0 Å². The van der Waals surface area contributed by atoms with Crippen LogP contribution in [0.25, 0.3) is 0 Å². The monoisotopic (exact) mass is 405 g/mol. The van der Waals surface area contributed by atoms with E-state index in [2.05, 4.69) is 16.8 Å². The first kappa shape index (κ1) is 19.8. The summed E-state index contributed by atoms with van der Waals surface area (Å²) in [6.45, 7) is 8.25. The van der Waals surface area contributed by atoms with Gasteiger partial charge < -0.3 is 4.57 Å². The number of aromatic nitrogens is 3. The predicted molar refractivity (Wildman–Crippen MR) is 107 cm³/mol. The third-order valence-electron chi connectivity index (χ3n) is 4.82. The molecular weight excluding hydrogens is 382 g/mol. The Hall–Kier alpha value is -1.93. The average Bonchev–Trinajstić information content (AvgIpc) is 3.18. The van der Waals surface area contributed by atoms with Crippen molar-refractivity contribution in [3.05, 3.63) is 53.4 Å². The first-order chi connectivity index (χ1) is 12.8. The minimum Gasteiger partial charge on any atom is -0.302 e. The quantitative estimate of drug-likeness (QED) is 0.400. The maximum Gasteiger partial charge on any atom is 0.191 e. The zero-order valence-electron chi connectivity index (χ0n) is 15.5. The number of hydrogen-bond acceptors (Lipinski definition) is 6. The third kappa shape index (κ3) is 4.50. The average molecular weight is 406 g/mol. The van der Waals surface area contributed by atoms with Crippen LogP contribution in [0.3, 0.4) is 0 Å². The Kier molecular flexibility index (Phi) is 5.86. The highest BCUT2D eigenvalue weighted by molar-refractivity contribution is 7.99. The number of hydrogen-bond donors (Lipinski definition) is 0. The van der Waals surface area contributed by atoms with Gasteiger partial charge >= 0.3 is 0 Å². The van der Waals surface area contributed by atoms with E-state index in [9.17, 15) is 13.2 Å². The minimum atomic E-state index is -3.00. The molecule has 0 bridgehead atoms. The van der Waals surface area contributed by atoms with Crippen molar-refractivity contribution in [1.82, 2.24) is 14.8 Å². The number of sulfone groups is 1. The summed E-state index contributed by atoms with van der Waals surface area (Å²) < 4.78 is 25.4. The molecule has 0 radical (unpaired) electrons. The van der Waals surface area contributed by atoms with E-state index in [4.69, 9.17) is 0 Å². The Balaban J connectivity index is 1.75. The lowest BCUT2D eigenvalue weighted by Gasteiger charge is -2.11. The van der Waals surface area contributed by atoms with Crippen LogP contribution in [-0.4, -0.2) is 46.2 Å². The smallest absolute Gasteiger partial charge is 0.191 e. The number of carbonyl (C=O) groups is 1. The first-order valence-electron chi connectivity index (χ1n) is 8.78. The van der Waals surface area contributed by atoms with Gasteiger partial charge in [0, 0.05) is 18.0 Å². The van der Waals surface area contributed by atoms with E-state index in [1.165, 1.54) is 11.8 Å². The molecule has 1 unspecified atom stereocenters. The van der Waals surface area contributed by atoms with Gasteiger partial charge in [-0.1, -0.05) is 30.0 Å². The minimum absolute atomic E-state index is 0.0289. The summed E-state index contributed by atoms with van der Waals surface area (Å²) in [6, 6.07) is 5.70. The van der Waals surface area contributed by atoms with E-state index in [1.54, 1.807) is 6.08 Å². The zero-order valence-corrected chi connectivity index (χ0v) is 17.1. The topological polar surface area (TPSA) is 81.9 Å². The summed E-state index contributed by atoms with van der Waals surface area (Å²) in [5.74, 6) is 1.09. The summed E-state index contributed by atoms with van der Waals surface area (Å²) in [6.07, 6.45) is 2.29. The van der Waals surface area contributed by atoms with Crippen LogP contribution in [0.15, 0.2) is 36.0 Å². The molecule has 1 saturated heterocycles. The Labute approximate surface area is 164 Å². The van der Waals surface area contributed by atoms with Gasteiger partial charge in [-0.25, -0.2) is 8.42 Å². The molecule has 1 fully saturated rings. The van der Waals surface area contributed by atoms with Gasteiger partial charge in [-0.15, -0.1) is 16.8 Å². The fraction of sp³-hybridized carbons (Fsp3) is 0.421. The molecular formula is C19H23N3O3S2. The normalized spacial score (nSPS) is 18.5. The third-order valence-corrected chi connectivity index (χ3v) is 7.55. The maximum absolute atomic E-state index is 12.5. The molecule has 0 saturated carbocycles. The highest BCUT2D eigenvalue weighted by Crippen LogP contribution is 2.30. The molecule has 8 heteroatoms. The molecule has 1 aliphatic heterocycles. The number of Topliss-reactive ketones (excluding diaryl/α,β-unsaturated/α-hetero) is 1. The Bertz CT molecular complexity index is 980. The predicted octanol–water partition coefficient (Wildman–Crippen LogP) is 2.96. The summed E-state index contributed by atoms with van der Waals surface area (Å²) in [7, 11) is -3.00. The van der Waals surface area contributed by atoms with E-state index in [0.717, 1.165) is 11.1 Å². The number of benzene rings is 1. The maximum atomic E-state index is 12.5. The second-order valence-electron chi connectivity index (χ2n) is 6.85. The molecule has 1 aromatic carbocycles. The van der Waals surface area contributed by atoms with Crippen LogP contribution in [0.1, 0.15) is 39.6 Å². The van der Waals surface area contributed by atoms with Crippen LogP contribution < -0.4 is 0 Å². The molecule has 27 heavy (non-hydrogen) atoms. The summed E-state index contributed by atoms with van der Waals surface area (Å²) in [5.41, 5.74) is 2.92. The van der Waals surface area contributed by atoms with Gasteiger partial charge in [-0.2, -0.15) is 0 Å². The van der Waals surface area contributed by atoms with Crippen LogP contribution >= 0.6 is 11.8 Å². The van der Waals surface area contributed by atoms with E-state index >= 15 is 0 Å². The lowest BCUT2D eigenvalue weighted by atomic mass is 10.0. The van der Waals surface area contributed by atoms with Gasteiger partial charge in [0.15, 0.2) is 20.8 Å². The second-order valence-corrected chi connectivity index (χ2v) is 10.0. The highest BCUT2D eigenvalue weighted by Gasteiger charge is 2.33. The van der Waals surface area contributed by atoms with Crippen LogP contribution in [-0.2, 0) is 16.4 Å².